The third kappa shape index (κ3) is 5.26. The molecule has 0 radical (unpaired) electrons. The van der Waals surface area contributed by atoms with Gasteiger partial charge in [0.05, 0.1) is 45.3 Å². The number of pyridine rings is 1. The fourth-order valence-electron chi connectivity index (χ4n) is 5.38. The largest absolute Gasteiger partial charge is 0.378 e. The molecule has 0 amide bonds. The number of nitrogens with one attached hydrogen (secondary N) is 2. The number of fused-ring (bicyclic) bond motifs is 1. The van der Waals surface area contributed by atoms with Crippen LogP contribution in [0.25, 0.3) is 10.9 Å². The molecule has 6 nitrogen and oxygen atoms in total. The van der Waals surface area contributed by atoms with E-state index in [1.165, 1.54) is 12.1 Å². The Morgan fingerprint density at radius 1 is 1.15 bits per heavy atom. The predicted octanol–water partition coefficient (Wildman–Crippen LogP) is 6.94. The van der Waals surface area contributed by atoms with Crippen molar-refractivity contribution in [3.8, 4) is 6.07 Å². The molecule has 1 fully saturated rings. The fourth-order valence-corrected chi connectivity index (χ4v) is 5.64. The van der Waals surface area contributed by atoms with Gasteiger partial charge in [-0.25, -0.2) is 9.37 Å². The Bertz CT molecular complexity index is 1750. The summed E-state index contributed by atoms with van der Waals surface area (Å²) in [6.45, 7) is 2.11. The fraction of sp³-hybridized carbons (Fsp3) is 0.219. The van der Waals surface area contributed by atoms with Crippen LogP contribution in [0.4, 0.5) is 15.8 Å². The van der Waals surface area contributed by atoms with E-state index in [9.17, 15) is 9.65 Å². The molecule has 0 spiro atoms. The summed E-state index contributed by atoms with van der Waals surface area (Å²) in [5.74, 6) is -0.303. The van der Waals surface area contributed by atoms with Crippen molar-refractivity contribution in [1.82, 2.24) is 14.5 Å². The maximum atomic E-state index is 13.9. The normalized spacial score (nSPS) is 15.2. The van der Waals surface area contributed by atoms with Crippen LogP contribution in [0.15, 0.2) is 85.5 Å². The van der Waals surface area contributed by atoms with Crippen LogP contribution in [0, 0.1) is 17.1 Å². The first kappa shape index (κ1) is 26.9. The second kappa shape index (κ2) is 10.9. The molecule has 1 unspecified atom stereocenters. The van der Waals surface area contributed by atoms with Gasteiger partial charge in [-0.15, -0.1) is 0 Å². The first-order chi connectivity index (χ1) is 19.9. The molecule has 6 rings (SSSR count). The van der Waals surface area contributed by atoms with E-state index in [1.807, 2.05) is 44.5 Å². The van der Waals surface area contributed by atoms with Crippen molar-refractivity contribution in [2.24, 2.45) is 0 Å². The van der Waals surface area contributed by atoms with Crippen LogP contribution >= 0.6 is 11.6 Å². The first-order valence-corrected chi connectivity index (χ1v) is 14.2. The van der Waals surface area contributed by atoms with Crippen molar-refractivity contribution >= 4 is 41.7 Å². The summed E-state index contributed by atoms with van der Waals surface area (Å²) >= 11 is 6.83. The first-order valence-electron chi connectivity index (χ1n) is 13.8. The van der Waals surface area contributed by atoms with Gasteiger partial charge in [-0.1, -0.05) is 61.0 Å². The SMILES string of the molecule is BC(Nc1cc(Cl)c2ncc(C#N)c(N[C@H](CC)c3ccccc3)c2c1)(c1ccc(F)cc1)c1cn(C2CC2)cn1. The average molecular weight is 563 g/mol. The topological polar surface area (TPSA) is 78.6 Å². The van der Waals surface area contributed by atoms with Crippen LogP contribution < -0.4 is 10.6 Å². The van der Waals surface area contributed by atoms with E-state index in [0.29, 0.717) is 27.8 Å². The van der Waals surface area contributed by atoms with Crippen molar-refractivity contribution in [2.75, 3.05) is 10.6 Å². The molecule has 5 aromatic rings. The van der Waals surface area contributed by atoms with Gasteiger partial charge in [0.2, 0.25) is 0 Å². The van der Waals surface area contributed by atoms with E-state index in [-0.39, 0.29) is 11.9 Å². The number of nitrogens with zero attached hydrogens (tertiary/aromatic N) is 4. The van der Waals surface area contributed by atoms with Gasteiger partial charge in [0.1, 0.15) is 19.7 Å². The standard InChI is InChI=1S/C32H29BClFN6/c1-2-28(20-6-4-3-5-7-20)39-30-21(16-36)17-37-31-26(30)14-24(15-27(31)34)40-32(33,22-8-10-23(35)11-9-22)29-18-41(19-38-29)25-12-13-25/h3-11,14-15,17-19,25,28,40H,2,12-13,33H2,1H3,(H,37,39)/t28-,32?/m1/s1. The number of halogens is 2. The van der Waals surface area contributed by atoms with Gasteiger partial charge in [-0.3, -0.25) is 4.98 Å². The van der Waals surface area contributed by atoms with Crippen LogP contribution in [-0.2, 0) is 5.44 Å². The van der Waals surface area contributed by atoms with Gasteiger partial charge in [-0.05, 0) is 54.7 Å². The van der Waals surface area contributed by atoms with Gasteiger partial charge < -0.3 is 15.2 Å². The Labute approximate surface area is 244 Å². The molecule has 0 aliphatic heterocycles. The third-order valence-corrected chi connectivity index (χ3v) is 8.16. The molecule has 2 atom stereocenters. The van der Waals surface area contributed by atoms with Crippen LogP contribution in [0.3, 0.4) is 0 Å². The van der Waals surface area contributed by atoms with E-state index in [2.05, 4.69) is 51.5 Å². The molecule has 41 heavy (non-hydrogen) atoms. The highest BCUT2D eigenvalue weighted by atomic mass is 35.5. The minimum Gasteiger partial charge on any atom is -0.378 e. The number of aromatic nitrogens is 3. The molecule has 1 aliphatic carbocycles. The van der Waals surface area contributed by atoms with Gasteiger partial charge in [-0.2, -0.15) is 5.26 Å². The smallest absolute Gasteiger partial charge is 0.148 e. The molecule has 2 heterocycles. The lowest BCUT2D eigenvalue weighted by Gasteiger charge is -2.32. The summed E-state index contributed by atoms with van der Waals surface area (Å²) in [6, 6.07) is 23.2. The second-order valence-corrected chi connectivity index (χ2v) is 11.1. The number of anilines is 2. The third-order valence-electron chi connectivity index (χ3n) is 7.87. The van der Waals surface area contributed by atoms with Gasteiger partial charge in [0, 0.05) is 29.5 Å². The van der Waals surface area contributed by atoms with Gasteiger partial charge in [0.25, 0.3) is 0 Å². The average Bonchev–Trinajstić information content (AvgIpc) is 3.72. The number of hydrogen-bond donors (Lipinski definition) is 2. The lowest BCUT2D eigenvalue weighted by Crippen LogP contribution is -2.37. The Morgan fingerprint density at radius 2 is 1.90 bits per heavy atom. The lowest BCUT2D eigenvalue weighted by molar-refractivity contribution is 0.625. The monoisotopic (exact) mass is 562 g/mol. The zero-order valence-corrected chi connectivity index (χ0v) is 23.7. The molecule has 204 valence electrons. The maximum Gasteiger partial charge on any atom is 0.148 e. The molecule has 1 aliphatic rings. The maximum absolute atomic E-state index is 13.9. The Morgan fingerprint density at radius 3 is 2.59 bits per heavy atom. The quantitative estimate of drug-likeness (QED) is 0.190. The number of nitriles is 1. The summed E-state index contributed by atoms with van der Waals surface area (Å²) in [4.78, 5) is 9.30. The summed E-state index contributed by atoms with van der Waals surface area (Å²) in [6.07, 6.45) is 8.59. The van der Waals surface area contributed by atoms with Crippen molar-refractivity contribution in [2.45, 2.75) is 43.7 Å². The number of rotatable bonds is 9. The molecule has 0 bridgehead atoms. The Kier molecular flexibility index (Phi) is 7.14. The second-order valence-electron chi connectivity index (χ2n) is 10.7. The number of hydrogen-bond acceptors (Lipinski definition) is 5. The molecule has 2 N–H and O–H groups in total. The number of benzene rings is 3. The Hall–Kier alpha value is -4.35. The van der Waals surface area contributed by atoms with E-state index in [1.54, 1.807) is 18.3 Å². The highest BCUT2D eigenvalue weighted by Crippen LogP contribution is 2.40. The van der Waals surface area contributed by atoms with Crippen molar-refractivity contribution in [3.63, 3.8) is 0 Å². The van der Waals surface area contributed by atoms with Crippen LogP contribution in [0.5, 0.6) is 0 Å². The van der Waals surface area contributed by atoms with E-state index >= 15 is 0 Å². The highest BCUT2D eigenvalue weighted by molar-refractivity contribution is 6.36. The number of imidazole rings is 1. The van der Waals surface area contributed by atoms with Crippen molar-refractivity contribution < 1.29 is 4.39 Å². The highest BCUT2D eigenvalue weighted by Gasteiger charge is 2.33. The van der Waals surface area contributed by atoms with Gasteiger partial charge >= 0.3 is 0 Å². The van der Waals surface area contributed by atoms with Crippen LogP contribution in [0.2, 0.25) is 5.02 Å². The Balaban J connectivity index is 1.46. The molecular formula is C32H29BClFN6. The molecule has 0 saturated heterocycles. The molecule has 2 aromatic heterocycles. The summed E-state index contributed by atoms with van der Waals surface area (Å²) in [5.41, 5.74) is 4.43. The molecule has 9 heteroatoms. The molecular weight excluding hydrogens is 534 g/mol. The minimum absolute atomic E-state index is 0.0137. The predicted molar refractivity (Wildman–Crippen MR) is 164 cm³/mol. The van der Waals surface area contributed by atoms with Crippen molar-refractivity contribution in [1.29, 1.82) is 5.26 Å². The lowest BCUT2D eigenvalue weighted by atomic mass is 9.69. The summed E-state index contributed by atoms with van der Waals surface area (Å²) < 4.78 is 16.1. The summed E-state index contributed by atoms with van der Waals surface area (Å²) in [7, 11) is 2.03. The van der Waals surface area contributed by atoms with E-state index in [0.717, 1.165) is 47.2 Å². The van der Waals surface area contributed by atoms with E-state index < -0.39 is 5.44 Å². The van der Waals surface area contributed by atoms with E-state index in [4.69, 9.17) is 16.6 Å². The minimum atomic E-state index is -0.797. The van der Waals surface area contributed by atoms with Crippen LogP contribution in [-0.4, -0.2) is 22.4 Å². The zero-order chi connectivity index (χ0) is 28.6. The zero-order valence-electron chi connectivity index (χ0n) is 22.9. The van der Waals surface area contributed by atoms with Crippen molar-refractivity contribution in [3.05, 3.63) is 119 Å². The summed E-state index contributed by atoms with van der Waals surface area (Å²) in [5, 5.41) is 18.5. The van der Waals surface area contributed by atoms with Crippen LogP contribution in [0.1, 0.15) is 60.7 Å². The van der Waals surface area contributed by atoms with Gasteiger partial charge in [0.15, 0.2) is 0 Å². The molecule has 1 saturated carbocycles. The molecule has 3 aromatic carbocycles.